The first-order valence-corrected chi connectivity index (χ1v) is 21.0. The summed E-state index contributed by atoms with van der Waals surface area (Å²) in [6, 6.07) is 9.86. The maximum atomic E-state index is 13.2. The number of pyridine rings is 2. The molecule has 3 N–H and O–H groups in total. The molecule has 3 fully saturated rings. The van der Waals surface area contributed by atoms with Crippen molar-refractivity contribution in [1.82, 2.24) is 44.8 Å². The molecule has 18 heteroatoms. The summed E-state index contributed by atoms with van der Waals surface area (Å²) in [5, 5.41) is 15.0. The molecule has 3 saturated heterocycles. The average molecular weight is 839 g/mol. The smallest absolute Gasteiger partial charge is 0.294 e. The van der Waals surface area contributed by atoms with Gasteiger partial charge in [0, 0.05) is 82.6 Å². The molecule has 60 heavy (non-hydrogen) atoms. The number of halogens is 1. The standard InChI is InChI=1S/C42H51ClN12O5/c1-24(2)55-39-27(20-33(41(55)59)60-23-35(57)44-4)19-28(21-45-39)47-38-31(43)22-46-42(49-38)54-13-11-26(12-14-54)25(3)52-15-17-53(18-16-52)32-8-6-7-29-36(50-51(5)37(29)32)30-9-10-34(56)48-40(30)58/h6-8,19-22,24-26,30H,9-18,23H2,1-5H3,(H,44,57)(H,46,47,49)(H,48,56,58)/t25-,30?/m1/s1. The monoisotopic (exact) mass is 838 g/mol. The SMILES string of the molecule is CNC(=O)COc1cc2cc(Nc3nc(N4CCC([C@@H](C)N5CCN(c6cccc7c(C8CCC(=O)NC8=O)nn(C)c67)CC5)CC4)ncc3Cl)cnc2n(C(C)C)c1=O. The van der Waals surface area contributed by atoms with Crippen LogP contribution in [-0.2, 0) is 21.4 Å². The van der Waals surface area contributed by atoms with Gasteiger partial charge in [-0.2, -0.15) is 10.1 Å². The van der Waals surface area contributed by atoms with Gasteiger partial charge in [-0.1, -0.05) is 23.7 Å². The van der Waals surface area contributed by atoms with Gasteiger partial charge in [-0.05, 0) is 64.2 Å². The number of piperidine rings is 2. The minimum Gasteiger partial charge on any atom is -0.478 e. The molecule has 0 saturated carbocycles. The van der Waals surface area contributed by atoms with Crippen LogP contribution in [0.1, 0.15) is 64.1 Å². The molecule has 3 amide bonds. The van der Waals surface area contributed by atoms with E-state index in [1.807, 2.05) is 43.8 Å². The molecule has 7 heterocycles. The van der Waals surface area contributed by atoms with E-state index in [9.17, 15) is 19.2 Å². The first kappa shape index (κ1) is 40.9. The number of carbonyl (C=O) groups is 3. The van der Waals surface area contributed by atoms with Crippen molar-refractivity contribution >= 4 is 74.4 Å². The molecule has 1 unspecified atom stereocenters. The number of para-hydroxylation sites is 1. The first-order valence-electron chi connectivity index (χ1n) is 20.6. The van der Waals surface area contributed by atoms with Gasteiger partial charge < -0.3 is 25.2 Å². The van der Waals surface area contributed by atoms with E-state index in [1.54, 1.807) is 23.0 Å². The minimum absolute atomic E-state index is 0.0585. The number of anilines is 4. The number of hydrogen-bond acceptors (Lipinski definition) is 13. The predicted molar refractivity (Wildman–Crippen MR) is 230 cm³/mol. The van der Waals surface area contributed by atoms with Crippen molar-refractivity contribution in [1.29, 1.82) is 0 Å². The summed E-state index contributed by atoms with van der Waals surface area (Å²) in [5.74, 6) is 0.344. The number of aromatic nitrogens is 6. The highest BCUT2D eigenvalue weighted by Gasteiger charge is 2.34. The number of imide groups is 1. The van der Waals surface area contributed by atoms with E-state index < -0.39 is 5.92 Å². The number of nitrogens with zero attached hydrogens (tertiary/aromatic N) is 9. The Labute approximate surface area is 352 Å². The van der Waals surface area contributed by atoms with E-state index in [0.717, 1.165) is 74.4 Å². The Morgan fingerprint density at radius 3 is 2.47 bits per heavy atom. The van der Waals surface area contributed by atoms with Crippen molar-refractivity contribution < 1.29 is 19.1 Å². The largest absolute Gasteiger partial charge is 0.478 e. The van der Waals surface area contributed by atoms with Crippen LogP contribution in [-0.4, -0.2) is 111 Å². The lowest BCUT2D eigenvalue weighted by atomic mass is 9.89. The molecule has 4 aromatic heterocycles. The fraction of sp³-hybridized carbons (Fsp3) is 0.476. The predicted octanol–water partition coefficient (Wildman–Crippen LogP) is 4.12. The molecule has 3 aliphatic heterocycles. The van der Waals surface area contributed by atoms with Crippen molar-refractivity contribution in [2.75, 3.05) is 68.0 Å². The second-order valence-electron chi connectivity index (χ2n) is 16.1. The maximum Gasteiger partial charge on any atom is 0.294 e. The van der Waals surface area contributed by atoms with E-state index >= 15 is 0 Å². The molecule has 17 nitrogen and oxygen atoms in total. The molecular formula is C42H51ClN12O5. The zero-order valence-electron chi connectivity index (χ0n) is 34.6. The zero-order valence-corrected chi connectivity index (χ0v) is 35.3. The topological polar surface area (TPSA) is 185 Å². The van der Waals surface area contributed by atoms with Crippen molar-refractivity contribution in [3.63, 3.8) is 0 Å². The zero-order chi connectivity index (χ0) is 42.2. The summed E-state index contributed by atoms with van der Waals surface area (Å²) in [4.78, 5) is 70.8. The Kier molecular flexibility index (Phi) is 11.6. The number of nitrogens with one attached hydrogen (secondary N) is 3. The molecule has 0 aliphatic carbocycles. The number of rotatable bonds is 11. The number of likely N-dealkylation sites (N-methyl/N-ethyl adjacent to an activating group) is 1. The van der Waals surface area contributed by atoms with E-state index in [0.29, 0.717) is 58.3 Å². The third-order valence-electron chi connectivity index (χ3n) is 12.2. The molecule has 0 radical (unpaired) electrons. The second kappa shape index (κ2) is 17.0. The second-order valence-corrected chi connectivity index (χ2v) is 16.5. The van der Waals surface area contributed by atoms with Crippen LogP contribution in [0.4, 0.5) is 23.1 Å². The minimum atomic E-state index is -0.433. The quantitative estimate of drug-likeness (QED) is 0.162. The highest BCUT2D eigenvalue weighted by molar-refractivity contribution is 6.33. The lowest BCUT2D eigenvalue weighted by molar-refractivity contribution is -0.134. The Morgan fingerprint density at radius 1 is 0.983 bits per heavy atom. The molecule has 2 atom stereocenters. The van der Waals surface area contributed by atoms with Gasteiger partial charge in [0.15, 0.2) is 18.2 Å². The van der Waals surface area contributed by atoms with Crippen LogP contribution in [0.2, 0.25) is 5.02 Å². The number of benzene rings is 1. The molecule has 0 spiro atoms. The van der Waals surface area contributed by atoms with Crippen LogP contribution in [0.15, 0.2) is 47.5 Å². The van der Waals surface area contributed by atoms with Gasteiger partial charge in [0.25, 0.3) is 11.5 Å². The van der Waals surface area contributed by atoms with Crippen LogP contribution >= 0.6 is 11.6 Å². The van der Waals surface area contributed by atoms with Gasteiger partial charge in [-0.3, -0.25) is 38.6 Å². The number of fused-ring (bicyclic) bond motifs is 2. The molecular weight excluding hydrogens is 788 g/mol. The summed E-state index contributed by atoms with van der Waals surface area (Å²) < 4.78 is 9.03. The summed E-state index contributed by atoms with van der Waals surface area (Å²) in [6.45, 7) is 11.1. The number of hydrogen-bond donors (Lipinski definition) is 3. The normalized spacial score (nSPS) is 18.6. The highest BCUT2D eigenvalue weighted by atomic mass is 35.5. The van der Waals surface area contributed by atoms with Gasteiger partial charge in [-0.25, -0.2) is 9.97 Å². The van der Waals surface area contributed by atoms with Gasteiger partial charge in [-0.15, -0.1) is 0 Å². The van der Waals surface area contributed by atoms with Crippen LogP contribution < -0.4 is 36.0 Å². The lowest BCUT2D eigenvalue weighted by Crippen LogP contribution is -2.53. The molecule has 3 aliphatic rings. The fourth-order valence-electron chi connectivity index (χ4n) is 8.86. The van der Waals surface area contributed by atoms with Crippen molar-refractivity contribution in [3.05, 3.63) is 63.8 Å². The fourth-order valence-corrected chi connectivity index (χ4v) is 9.00. The van der Waals surface area contributed by atoms with E-state index in [-0.39, 0.29) is 41.7 Å². The van der Waals surface area contributed by atoms with Crippen molar-refractivity contribution in [2.45, 2.75) is 64.5 Å². The maximum absolute atomic E-state index is 13.2. The van der Waals surface area contributed by atoms with Crippen molar-refractivity contribution in [3.8, 4) is 5.75 Å². The van der Waals surface area contributed by atoms with Crippen molar-refractivity contribution in [2.24, 2.45) is 13.0 Å². The highest BCUT2D eigenvalue weighted by Crippen LogP contribution is 2.36. The third kappa shape index (κ3) is 8.07. The number of aryl methyl sites for hydroxylation is 1. The average Bonchev–Trinajstić information content (AvgIpc) is 3.59. The third-order valence-corrected chi connectivity index (χ3v) is 12.4. The lowest BCUT2D eigenvalue weighted by Gasteiger charge is -2.44. The van der Waals surface area contributed by atoms with Gasteiger partial charge in [0.05, 0.1) is 40.9 Å². The molecule has 1 aromatic carbocycles. The first-order chi connectivity index (χ1) is 28.9. The Balaban J connectivity index is 0.894. The van der Waals surface area contributed by atoms with Crippen LogP contribution in [0.25, 0.3) is 21.9 Å². The summed E-state index contributed by atoms with van der Waals surface area (Å²) in [5.41, 5.74) is 3.61. The Morgan fingerprint density at radius 2 is 1.75 bits per heavy atom. The molecule has 8 rings (SSSR count). The molecule has 0 bridgehead atoms. The summed E-state index contributed by atoms with van der Waals surface area (Å²) >= 11 is 6.61. The summed E-state index contributed by atoms with van der Waals surface area (Å²) in [7, 11) is 3.44. The Hall–Kier alpha value is -5.81. The van der Waals surface area contributed by atoms with E-state index in [1.165, 1.54) is 7.05 Å². The number of amides is 3. The van der Waals surface area contributed by atoms with Gasteiger partial charge >= 0.3 is 0 Å². The number of carbonyl (C=O) groups excluding carboxylic acids is 3. The van der Waals surface area contributed by atoms with Crippen LogP contribution in [0.3, 0.4) is 0 Å². The molecule has 5 aromatic rings. The van der Waals surface area contributed by atoms with Gasteiger partial charge in [0.2, 0.25) is 17.8 Å². The molecule has 316 valence electrons. The van der Waals surface area contributed by atoms with Gasteiger partial charge in [0.1, 0.15) is 10.7 Å². The van der Waals surface area contributed by atoms with Crippen LogP contribution in [0, 0.1) is 5.92 Å². The number of piperazine rings is 1. The van der Waals surface area contributed by atoms with E-state index in [4.69, 9.17) is 26.4 Å². The van der Waals surface area contributed by atoms with Crippen LogP contribution in [0.5, 0.6) is 5.75 Å². The Bertz CT molecular complexity index is 2510. The summed E-state index contributed by atoms with van der Waals surface area (Å²) in [6.07, 6.45) is 6.04. The van der Waals surface area contributed by atoms with E-state index in [2.05, 4.69) is 53.6 Å². The number of ether oxygens (including phenoxy) is 1.